The number of nitrogen functional groups attached to an aromatic ring is 1. The van der Waals surface area contributed by atoms with E-state index in [-0.39, 0.29) is 12.0 Å². The van der Waals surface area contributed by atoms with Crippen LogP contribution >= 0.6 is 35.4 Å². The van der Waals surface area contributed by atoms with Gasteiger partial charge in [0, 0.05) is 6.20 Å². The molecule has 0 aliphatic heterocycles. The molecular weight excluding hydrogens is 357 g/mol. The molecule has 120 valence electrons. The maximum Gasteiger partial charge on any atom is 0.277 e. The van der Waals surface area contributed by atoms with Crippen molar-refractivity contribution in [3.63, 3.8) is 0 Å². The Balaban J connectivity index is 2.13. The second-order valence-electron chi connectivity index (χ2n) is 4.90. The first-order chi connectivity index (χ1) is 11.0. The summed E-state index contributed by atoms with van der Waals surface area (Å²) in [4.78, 5) is 7.07. The number of anilines is 1. The molecule has 1 aromatic carbocycles. The van der Waals surface area contributed by atoms with Gasteiger partial charge in [-0.2, -0.15) is 4.98 Å². The van der Waals surface area contributed by atoms with Crippen molar-refractivity contribution < 1.29 is 4.52 Å². The Bertz CT molecular complexity index is 901. The summed E-state index contributed by atoms with van der Waals surface area (Å²) < 4.78 is 7.60. The standard InChI is InChI=1S/C14H13Cl2N5OS/c1-2-10(7-3-4-8(15)9(16)5-7)21-11(6-18-14(21)23)12-19-13(17)20-22-12/h3-6,10H,2H2,1H3,(H2,17,20)(H,18,23). The van der Waals surface area contributed by atoms with Gasteiger partial charge in [-0.3, -0.25) is 0 Å². The number of nitrogens with zero attached hydrogens (tertiary/aromatic N) is 3. The van der Waals surface area contributed by atoms with Gasteiger partial charge in [-0.25, -0.2) is 0 Å². The van der Waals surface area contributed by atoms with E-state index in [0.29, 0.717) is 26.4 Å². The lowest BCUT2D eigenvalue weighted by Gasteiger charge is -2.19. The molecule has 0 aliphatic rings. The molecule has 9 heteroatoms. The summed E-state index contributed by atoms with van der Waals surface area (Å²) in [5.74, 6) is 0.370. The number of H-pyrrole nitrogens is 1. The number of aromatic nitrogens is 4. The van der Waals surface area contributed by atoms with E-state index < -0.39 is 0 Å². The largest absolute Gasteiger partial charge is 0.365 e. The van der Waals surface area contributed by atoms with Crippen LogP contribution in [0, 0.1) is 4.77 Å². The van der Waals surface area contributed by atoms with E-state index in [1.54, 1.807) is 12.3 Å². The molecule has 2 aromatic heterocycles. The minimum Gasteiger partial charge on any atom is -0.365 e. The van der Waals surface area contributed by atoms with Gasteiger partial charge >= 0.3 is 0 Å². The zero-order valence-electron chi connectivity index (χ0n) is 12.1. The third-order valence-electron chi connectivity index (χ3n) is 3.50. The third-order valence-corrected chi connectivity index (χ3v) is 4.55. The van der Waals surface area contributed by atoms with Crippen molar-refractivity contribution in [2.75, 3.05) is 5.73 Å². The molecule has 23 heavy (non-hydrogen) atoms. The molecule has 0 amide bonds. The molecular formula is C14H13Cl2N5OS. The highest BCUT2D eigenvalue weighted by atomic mass is 35.5. The molecule has 0 saturated carbocycles. The monoisotopic (exact) mass is 369 g/mol. The van der Waals surface area contributed by atoms with Crippen molar-refractivity contribution in [1.82, 2.24) is 19.7 Å². The molecule has 1 atom stereocenters. The number of halogens is 2. The second kappa shape index (κ2) is 6.35. The van der Waals surface area contributed by atoms with Gasteiger partial charge in [0.2, 0.25) is 0 Å². The van der Waals surface area contributed by atoms with Crippen molar-refractivity contribution >= 4 is 41.4 Å². The van der Waals surface area contributed by atoms with Crippen LogP contribution < -0.4 is 5.73 Å². The molecule has 2 heterocycles. The predicted molar refractivity (Wildman–Crippen MR) is 92.2 cm³/mol. The zero-order valence-corrected chi connectivity index (χ0v) is 14.4. The predicted octanol–water partition coefficient (Wildman–Crippen LogP) is 4.48. The molecule has 0 aliphatic carbocycles. The Morgan fingerprint density at radius 2 is 2.17 bits per heavy atom. The van der Waals surface area contributed by atoms with Gasteiger partial charge in [0.05, 0.1) is 16.1 Å². The highest BCUT2D eigenvalue weighted by molar-refractivity contribution is 7.71. The van der Waals surface area contributed by atoms with Crippen molar-refractivity contribution in [2.45, 2.75) is 19.4 Å². The Morgan fingerprint density at radius 1 is 1.39 bits per heavy atom. The Hall–Kier alpha value is -1.83. The van der Waals surface area contributed by atoms with Crippen LogP contribution in [0.4, 0.5) is 5.95 Å². The third kappa shape index (κ3) is 2.99. The van der Waals surface area contributed by atoms with E-state index in [4.69, 9.17) is 45.7 Å². The molecule has 0 radical (unpaired) electrons. The van der Waals surface area contributed by atoms with E-state index in [2.05, 4.69) is 15.1 Å². The molecule has 0 bridgehead atoms. The van der Waals surface area contributed by atoms with E-state index in [9.17, 15) is 0 Å². The molecule has 0 fully saturated rings. The molecule has 3 aromatic rings. The smallest absolute Gasteiger partial charge is 0.277 e. The van der Waals surface area contributed by atoms with E-state index in [1.165, 1.54) is 0 Å². The minimum atomic E-state index is -0.0633. The Labute approximate surface area is 147 Å². The van der Waals surface area contributed by atoms with E-state index in [0.717, 1.165) is 12.0 Å². The van der Waals surface area contributed by atoms with Gasteiger partial charge in [-0.15, -0.1) is 0 Å². The highest BCUT2D eigenvalue weighted by Crippen LogP contribution is 2.32. The number of aromatic amines is 1. The fraction of sp³-hybridized carbons (Fsp3) is 0.214. The summed E-state index contributed by atoms with van der Waals surface area (Å²) in [6.45, 7) is 2.05. The van der Waals surface area contributed by atoms with Crippen LogP contribution in [0.1, 0.15) is 24.9 Å². The normalized spacial score (nSPS) is 12.5. The lowest BCUT2D eigenvalue weighted by Crippen LogP contribution is -2.11. The average Bonchev–Trinajstić information content (AvgIpc) is 3.10. The average molecular weight is 370 g/mol. The Kier molecular flexibility index (Phi) is 4.43. The van der Waals surface area contributed by atoms with Gasteiger partial charge in [-0.1, -0.05) is 36.2 Å². The summed E-state index contributed by atoms with van der Waals surface area (Å²) in [6.07, 6.45) is 2.50. The maximum absolute atomic E-state index is 6.14. The number of rotatable bonds is 4. The SMILES string of the molecule is CCC(c1ccc(Cl)c(Cl)c1)n1c(-c2nc(N)no2)c[nH]c1=S. The van der Waals surface area contributed by atoms with Crippen LogP contribution in [0.5, 0.6) is 0 Å². The molecule has 1 unspecified atom stereocenters. The minimum absolute atomic E-state index is 0.0633. The fourth-order valence-electron chi connectivity index (χ4n) is 2.48. The molecule has 6 nitrogen and oxygen atoms in total. The van der Waals surface area contributed by atoms with Crippen molar-refractivity contribution in [3.8, 4) is 11.6 Å². The summed E-state index contributed by atoms with van der Waals surface area (Å²) >= 11 is 17.6. The van der Waals surface area contributed by atoms with Crippen LogP contribution in [0.3, 0.4) is 0 Å². The molecule has 0 spiro atoms. The number of benzene rings is 1. The van der Waals surface area contributed by atoms with Crippen molar-refractivity contribution in [1.29, 1.82) is 0 Å². The van der Waals surface area contributed by atoms with E-state index in [1.807, 2.05) is 23.6 Å². The van der Waals surface area contributed by atoms with Crippen LogP contribution in [0.25, 0.3) is 11.6 Å². The summed E-state index contributed by atoms with van der Waals surface area (Å²) in [6, 6.07) is 5.45. The van der Waals surface area contributed by atoms with Gasteiger partial charge in [-0.05, 0) is 41.5 Å². The molecule has 0 saturated heterocycles. The van der Waals surface area contributed by atoms with Crippen LogP contribution in [-0.4, -0.2) is 19.7 Å². The van der Waals surface area contributed by atoms with Crippen LogP contribution in [0.2, 0.25) is 10.0 Å². The quantitative estimate of drug-likeness (QED) is 0.661. The van der Waals surface area contributed by atoms with Crippen LogP contribution in [0.15, 0.2) is 28.9 Å². The lowest BCUT2D eigenvalue weighted by atomic mass is 10.0. The van der Waals surface area contributed by atoms with Crippen molar-refractivity contribution in [2.24, 2.45) is 0 Å². The summed E-state index contributed by atoms with van der Waals surface area (Å²) in [5, 5.41) is 4.62. The molecule has 3 rings (SSSR count). The fourth-order valence-corrected chi connectivity index (χ4v) is 3.07. The first-order valence-electron chi connectivity index (χ1n) is 6.85. The van der Waals surface area contributed by atoms with Gasteiger partial charge < -0.3 is 19.8 Å². The van der Waals surface area contributed by atoms with Gasteiger partial charge in [0.15, 0.2) is 4.77 Å². The van der Waals surface area contributed by atoms with Crippen molar-refractivity contribution in [3.05, 3.63) is 44.8 Å². The number of hydrogen-bond donors (Lipinski definition) is 2. The van der Waals surface area contributed by atoms with Crippen LogP contribution in [-0.2, 0) is 0 Å². The maximum atomic E-state index is 6.14. The first kappa shape index (κ1) is 16.0. The molecule has 3 N–H and O–H groups in total. The number of imidazole rings is 1. The zero-order chi connectivity index (χ0) is 16.6. The number of hydrogen-bond acceptors (Lipinski definition) is 5. The summed E-state index contributed by atoms with van der Waals surface area (Å²) in [7, 11) is 0. The van der Waals surface area contributed by atoms with E-state index >= 15 is 0 Å². The number of nitrogens with two attached hydrogens (primary N) is 1. The first-order valence-corrected chi connectivity index (χ1v) is 8.02. The van der Waals surface area contributed by atoms with Gasteiger partial charge in [0.1, 0.15) is 5.69 Å². The topological polar surface area (TPSA) is 85.7 Å². The van der Waals surface area contributed by atoms with Gasteiger partial charge in [0.25, 0.3) is 11.8 Å². The highest BCUT2D eigenvalue weighted by Gasteiger charge is 2.21. The summed E-state index contributed by atoms with van der Waals surface area (Å²) in [5.41, 5.74) is 7.18. The lowest BCUT2D eigenvalue weighted by molar-refractivity contribution is 0.426. The number of nitrogens with one attached hydrogen (secondary N) is 1. The second-order valence-corrected chi connectivity index (χ2v) is 6.11. The Morgan fingerprint density at radius 3 is 2.78 bits per heavy atom.